The van der Waals surface area contributed by atoms with Crippen molar-refractivity contribution in [2.75, 3.05) is 0 Å². The summed E-state index contributed by atoms with van der Waals surface area (Å²) in [4.78, 5) is 25.2. The molecule has 0 amide bonds. The third-order valence-electron chi connectivity index (χ3n) is 10.5. The first-order chi connectivity index (χ1) is 26.1. The molecule has 5 heteroatoms. The van der Waals surface area contributed by atoms with Crippen molar-refractivity contribution in [1.82, 2.24) is 24.9 Å². The monoisotopic (exact) mass is 715 g/mol. The van der Waals surface area contributed by atoms with Crippen LogP contribution in [0, 0.1) is 41.5 Å². The van der Waals surface area contributed by atoms with Gasteiger partial charge in [0.15, 0.2) is 17.5 Å². The molecule has 0 aliphatic rings. The van der Waals surface area contributed by atoms with Crippen molar-refractivity contribution in [3.63, 3.8) is 0 Å². The Bertz CT molecular complexity index is 2000. The maximum absolute atomic E-state index is 5.13. The predicted molar refractivity (Wildman–Crippen MR) is 227 cm³/mol. The molecule has 0 radical (unpaired) electrons. The SMILES string of the molecule is CCCCCCc1cc(CCCCCC)cc(-c2nc(-c3ccc(-c4c(C)cc(C)cc4C)cn3)nc(-c3ccc(-c4c(C)cc(C)cc4C)cn3)n2)c1. The third-order valence-corrected chi connectivity index (χ3v) is 10.5. The number of rotatable bonds is 15. The molecule has 54 heavy (non-hydrogen) atoms. The summed E-state index contributed by atoms with van der Waals surface area (Å²) >= 11 is 0. The van der Waals surface area contributed by atoms with E-state index in [1.165, 1.54) is 107 Å². The van der Waals surface area contributed by atoms with Crippen LogP contribution < -0.4 is 0 Å². The molecule has 6 aromatic rings. The van der Waals surface area contributed by atoms with Crippen LogP contribution in [-0.2, 0) is 12.8 Å². The number of nitrogens with zero attached hydrogens (tertiary/aromatic N) is 5. The van der Waals surface area contributed by atoms with Gasteiger partial charge in [-0.2, -0.15) is 0 Å². The molecule has 0 aliphatic heterocycles. The highest BCUT2D eigenvalue weighted by molar-refractivity contribution is 5.74. The number of pyridine rings is 2. The fourth-order valence-corrected chi connectivity index (χ4v) is 8.05. The Labute approximate surface area is 323 Å². The van der Waals surface area contributed by atoms with E-state index in [0.29, 0.717) is 28.9 Å². The summed E-state index contributed by atoms with van der Waals surface area (Å²) in [6, 6.07) is 24.3. The molecule has 0 unspecified atom stereocenters. The van der Waals surface area contributed by atoms with Crippen molar-refractivity contribution in [1.29, 1.82) is 0 Å². The Morgan fingerprint density at radius 3 is 1.19 bits per heavy atom. The first-order valence-corrected chi connectivity index (χ1v) is 20.1. The summed E-state index contributed by atoms with van der Waals surface area (Å²) in [5.74, 6) is 1.76. The van der Waals surface area contributed by atoms with E-state index in [9.17, 15) is 0 Å². The van der Waals surface area contributed by atoms with Crippen LogP contribution in [0.4, 0.5) is 0 Å². The van der Waals surface area contributed by atoms with Crippen LogP contribution in [0.1, 0.15) is 110 Å². The zero-order valence-electron chi connectivity index (χ0n) is 33.8. The third kappa shape index (κ3) is 9.36. The predicted octanol–water partition coefficient (Wildman–Crippen LogP) is 13.1. The van der Waals surface area contributed by atoms with Crippen LogP contribution in [-0.4, -0.2) is 24.9 Å². The van der Waals surface area contributed by atoms with Gasteiger partial charge in [-0.25, -0.2) is 15.0 Å². The first kappa shape index (κ1) is 38.7. The van der Waals surface area contributed by atoms with E-state index in [-0.39, 0.29) is 0 Å². The molecular weight excluding hydrogens is 659 g/mol. The largest absolute Gasteiger partial charge is 0.252 e. The highest BCUT2D eigenvalue weighted by Gasteiger charge is 2.17. The molecule has 6 rings (SSSR count). The zero-order valence-corrected chi connectivity index (χ0v) is 33.8. The molecule has 0 aliphatic carbocycles. The second kappa shape index (κ2) is 17.9. The van der Waals surface area contributed by atoms with Crippen molar-refractivity contribution in [2.45, 2.75) is 120 Å². The Kier molecular flexibility index (Phi) is 12.8. The summed E-state index contributed by atoms with van der Waals surface area (Å²) < 4.78 is 0. The van der Waals surface area contributed by atoms with Crippen LogP contribution in [0.3, 0.4) is 0 Å². The standard InChI is InChI=1S/C49H57N5/c1-9-11-13-15-17-38-27-39(18-16-14-12-10-2)29-42(28-38)47-52-48(43-21-19-40(30-50-43)45-34(5)23-32(3)24-35(45)6)54-49(53-47)44-22-20-41(31-51-44)46-36(7)25-33(4)26-37(46)8/h19-31H,9-18H2,1-8H3. The lowest BCUT2D eigenvalue weighted by Gasteiger charge is -2.13. The number of benzene rings is 3. The molecule has 278 valence electrons. The maximum atomic E-state index is 5.13. The molecular formula is C49H57N5. The van der Waals surface area contributed by atoms with Crippen molar-refractivity contribution in [2.24, 2.45) is 0 Å². The summed E-state index contributed by atoms with van der Waals surface area (Å²) in [6.07, 6.45) is 15.9. The summed E-state index contributed by atoms with van der Waals surface area (Å²) in [5.41, 5.74) is 17.3. The van der Waals surface area contributed by atoms with Crippen LogP contribution >= 0.6 is 0 Å². The van der Waals surface area contributed by atoms with Crippen LogP contribution in [0.2, 0.25) is 0 Å². The molecule has 3 heterocycles. The first-order valence-electron chi connectivity index (χ1n) is 20.1. The summed E-state index contributed by atoms with van der Waals surface area (Å²) in [7, 11) is 0. The topological polar surface area (TPSA) is 64.5 Å². The average molecular weight is 716 g/mol. The van der Waals surface area contributed by atoms with Gasteiger partial charge in [-0.1, -0.05) is 106 Å². The van der Waals surface area contributed by atoms with Crippen molar-refractivity contribution in [3.8, 4) is 56.7 Å². The number of hydrogen-bond acceptors (Lipinski definition) is 5. The van der Waals surface area contributed by atoms with Crippen LogP contribution in [0.5, 0.6) is 0 Å². The maximum Gasteiger partial charge on any atom is 0.182 e. The molecule has 0 saturated carbocycles. The van der Waals surface area contributed by atoms with E-state index in [1.54, 1.807) is 0 Å². The van der Waals surface area contributed by atoms with Crippen molar-refractivity contribution < 1.29 is 0 Å². The second-order valence-electron chi connectivity index (χ2n) is 15.4. The lowest BCUT2D eigenvalue weighted by atomic mass is 9.95. The van der Waals surface area contributed by atoms with E-state index in [2.05, 4.69) is 110 Å². The van der Waals surface area contributed by atoms with E-state index in [4.69, 9.17) is 24.9 Å². The summed E-state index contributed by atoms with van der Waals surface area (Å²) in [5, 5.41) is 0. The summed E-state index contributed by atoms with van der Waals surface area (Å²) in [6.45, 7) is 17.5. The average Bonchev–Trinajstić information content (AvgIpc) is 3.15. The van der Waals surface area contributed by atoms with E-state index >= 15 is 0 Å². The molecule has 0 bridgehead atoms. The van der Waals surface area contributed by atoms with Crippen molar-refractivity contribution in [3.05, 3.63) is 124 Å². The van der Waals surface area contributed by atoms with Crippen LogP contribution in [0.15, 0.2) is 79.1 Å². The normalized spacial score (nSPS) is 11.3. The van der Waals surface area contributed by atoms with Gasteiger partial charge in [0.25, 0.3) is 0 Å². The minimum atomic E-state index is 0.549. The van der Waals surface area contributed by atoms with Gasteiger partial charge in [0, 0.05) is 29.1 Å². The minimum Gasteiger partial charge on any atom is -0.252 e. The van der Waals surface area contributed by atoms with Gasteiger partial charge in [0.1, 0.15) is 11.4 Å². The Morgan fingerprint density at radius 2 is 0.815 bits per heavy atom. The number of unbranched alkanes of at least 4 members (excludes halogenated alkanes) is 6. The molecule has 0 spiro atoms. The zero-order chi connectivity index (χ0) is 38.2. The van der Waals surface area contributed by atoms with Gasteiger partial charge in [0.05, 0.1) is 0 Å². The molecule has 0 atom stereocenters. The van der Waals surface area contributed by atoms with E-state index in [0.717, 1.165) is 29.5 Å². The number of aromatic nitrogens is 5. The number of aryl methyl sites for hydroxylation is 8. The molecule has 0 fully saturated rings. The lowest BCUT2D eigenvalue weighted by molar-refractivity contribution is 0.661. The minimum absolute atomic E-state index is 0.549. The van der Waals surface area contributed by atoms with Gasteiger partial charge in [-0.15, -0.1) is 0 Å². The Balaban J connectivity index is 1.44. The van der Waals surface area contributed by atoms with E-state index in [1.807, 2.05) is 24.5 Å². The smallest absolute Gasteiger partial charge is 0.182 e. The second-order valence-corrected chi connectivity index (χ2v) is 15.4. The quantitative estimate of drug-likeness (QED) is 0.0990. The van der Waals surface area contributed by atoms with Gasteiger partial charge < -0.3 is 0 Å². The van der Waals surface area contributed by atoms with Gasteiger partial charge in [-0.3, -0.25) is 9.97 Å². The fraction of sp³-hybridized carbons (Fsp3) is 0.367. The molecule has 5 nitrogen and oxygen atoms in total. The van der Waals surface area contributed by atoms with Gasteiger partial charge in [-0.05, 0) is 136 Å². The Hall–Kier alpha value is -5.03. The van der Waals surface area contributed by atoms with Gasteiger partial charge >= 0.3 is 0 Å². The molecule has 0 N–H and O–H groups in total. The molecule has 0 saturated heterocycles. The number of hydrogen-bond donors (Lipinski definition) is 0. The Morgan fingerprint density at radius 1 is 0.407 bits per heavy atom. The highest BCUT2D eigenvalue weighted by atomic mass is 15.1. The lowest BCUT2D eigenvalue weighted by Crippen LogP contribution is -2.03. The molecule has 3 aromatic heterocycles. The van der Waals surface area contributed by atoms with Crippen LogP contribution in [0.25, 0.3) is 56.7 Å². The highest BCUT2D eigenvalue weighted by Crippen LogP contribution is 2.32. The fourth-order valence-electron chi connectivity index (χ4n) is 8.05. The molecule has 3 aromatic carbocycles. The van der Waals surface area contributed by atoms with Gasteiger partial charge in [0.2, 0.25) is 0 Å². The van der Waals surface area contributed by atoms with Crippen molar-refractivity contribution >= 4 is 0 Å². The van der Waals surface area contributed by atoms with E-state index < -0.39 is 0 Å².